The van der Waals surface area contributed by atoms with Crippen molar-refractivity contribution in [2.45, 2.75) is 0 Å². The smallest absolute Gasteiger partial charge is 0.164 e. The first-order valence-corrected chi connectivity index (χ1v) is 20.9. The minimum atomic E-state index is 0.631. The first kappa shape index (κ1) is 35.5. The van der Waals surface area contributed by atoms with Gasteiger partial charge >= 0.3 is 0 Å². The maximum absolute atomic E-state index is 4.99. The molecule has 0 aliphatic carbocycles. The Bertz CT molecular complexity index is 3440. The van der Waals surface area contributed by atoms with Crippen molar-refractivity contribution in [2.75, 3.05) is 0 Å². The van der Waals surface area contributed by atoms with Crippen LogP contribution in [0.2, 0.25) is 0 Å². The summed E-state index contributed by atoms with van der Waals surface area (Å²) in [5.74, 6) is 1.92. The standard InChI is InChI=1S/C57H37N5/c1-5-15-38(16-6-1)43-27-33-52-49(35-43)50-36-44(39-17-7-2-8-18-39)28-34-53(50)62(52)46-31-32-48-47-23-13-14-24-51(47)61(54(48)37-46)45-29-25-42(26-30-45)57-59-55(40-19-9-3-10-20-40)58-56(60-57)41-21-11-4-12-22-41/h1-37H. The van der Waals surface area contributed by atoms with E-state index in [1.54, 1.807) is 0 Å². The van der Waals surface area contributed by atoms with Crippen LogP contribution in [0.25, 0.3) is 111 Å². The molecule has 5 nitrogen and oxygen atoms in total. The monoisotopic (exact) mass is 791 g/mol. The summed E-state index contributed by atoms with van der Waals surface area (Å²) in [6, 6.07) is 79.5. The van der Waals surface area contributed by atoms with Crippen LogP contribution in [0.15, 0.2) is 224 Å². The van der Waals surface area contributed by atoms with Crippen LogP contribution >= 0.6 is 0 Å². The molecule has 3 aromatic heterocycles. The van der Waals surface area contributed by atoms with Crippen LogP contribution in [0, 0.1) is 0 Å². The zero-order valence-electron chi connectivity index (χ0n) is 33.6. The van der Waals surface area contributed by atoms with E-state index in [-0.39, 0.29) is 0 Å². The SMILES string of the molecule is c1ccc(-c2ccc3c(c2)c2cc(-c4ccccc4)ccc2n3-c2ccc3c4ccccc4n(-c4ccc(-c5nc(-c6ccccc6)nc(-c6ccccc6)n5)cc4)c3c2)cc1. The molecule has 62 heavy (non-hydrogen) atoms. The molecule has 0 aliphatic rings. The van der Waals surface area contributed by atoms with Crippen molar-refractivity contribution in [1.82, 2.24) is 24.1 Å². The van der Waals surface area contributed by atoms with Crippen LogP contribution in [0.5, 0.6) is 0 Å². The van der Waals surface area contributed by atoms with Gasteiger partial charge in [0, 0.05) is 49.6 Å². The molecule has 0 amide bonds. The van der Waals surface area contributed by atoms with E-state index >= 15 is 0 Å². The molecule has 0 unspecified atom stereocenters. The van der Waals surface area contributed by atoms with Crippen molar-refractivity contribution in [3.8, 4) is 67.8 Å². The van der Waals surface area contributed by atoms with Gasteiger partial charge in [0.2, 0.25) is 0 Å². The van der Waals surface area contributed by atoms with Gasteiger partial charge in [-0.3, -0.25) is 0 Å². The minimum absolute atomic E-state index is 0.631. The van der Waals surface area contributed by atoms with Gasteiger partial charge in [0.15, 0.2) is 17.5 Å². The first-order valence-electron chi connectivity index (χ1n) is 20.9. The first-order chi connectivity index (χ1) is 30.7. The topological polar surface area (TPSA) is 48.5 Å². The second kappa shape index (κ2) is 14.7. The van der Waals surface area contributed by atoms with Crippen molar-refractivity contribution >= 4 is 43.6 Å². The van der Waals surface area contributed by atoms with E-state index in [1.807, 2.05) is 60.7 Å². The van der Waals surface area contributed by atoms with E-state index in [9.17, 15) is 0 Å². The second-order valence-electron chi connectivity index (χ2n) is 15.7. The molecule has 0 spiro atoms. The molecule has 290 valence electrons. The van der Waals surface area contributed by atoms with E-state index in [0.29, 0.717) is 17.5 Å². The van der Waals surface area contributed by atoms with Gasteiger partial charge < -0.3 is 9.13 Å². The Morgan fingerprint density at radius 3 is 1.11 bits per heavy atom. The number of hydrogen-bond acceptors (Lipinski definition) is 3. The number of para-hydroxylation sites is 1. The number of fused-ring (bicyclic) bond motifs is 6. The lowest BCUT2D eigenvalue weighted by atomic mass is 10.0. The molecule has 0 saturated carbocycles. The van der Waals surface area contributed by atoms with E-state index in [2.05, 4.69) is 173 Å². The summed E-state index contributed by atoms with van der Waals surface area (Å²) in [6.07, 6.45) is 0. The summed E-state index contributed by atoms with van der Waals surface area (Å²) >= 11 is 0. The minimum Gasteiger partial charge on any atom is -0.309 e. The maximum atomic E-state index is 4.99. The molecule has 5 heteroatoms. The Morgan fingerprint density at radius 2 is 0.597 bits per heavy atom. The molecule has 12 aromatic rings. The van der Waals surface area contributed by atoms with Gasteiger partial charge in [0.25, 0.3) is 0 Å². The van der Waals surface area contributed by atoms with Gasteiger partial charge in [0.1, 0.15) is 0 Å². The Balaban J connectivity index is 1.02. The predicted octanol–water partition coefficient (Wildman–Crippen LogP) is 14.4. The summed E-state index contributed by atoms with van der Waals surface area (Å²) in [4.78, 5) is 14.9. The molecule has 0 saturated heterocycles. The maximum Gasteiger partial charge on any atom is 0.164 e. The van der Waals surface area contributed by atoms with Gasteiger partial charge in [0.05, 0.1) is 22.1 Å². The number of nitrogens with zero attached hydrogens (tertiary/aromatic N) is 5. The predicted molar refractivity (Wildman–Crippen MR) is 256 cm³/mol. The third-order valence-corrected chi connectivity index (χ3v) is 12.0. The zero-order valence-corrected chi connectivity index (χ0v) is 33.6. The van der Waals surface area contributed by atoms with Gasteiger partial charge in [-0.2, -0.15) is 0 Å². The second-order valence-corrected chi connectivity index (χ2v) is 15.7. The summed E-state index contributed by atoms with van der Waals surface area (Å²) in [5.41, 5.74) is 14.4. The highest BCUT2D eigenvalue weighted by atomic mass is 15.0. The van der Waals surface area contributed by atoms with Crippen LogP contribution in [0.3, 0.4) is 0 Å². The summed E-state index contributed by atoms with van der Waals surface area (Å²) in [7, 11) is 0. The molecular formula is C57H37N5. The quantitative estimate of drug-likeness (QED) is 0.162. The fourth-order valence-electron chi connectivity index (χ4n) is 9.00. The molecule has 9 aromatic carbocycles. The van der Waals surface area contributed by atoms with Crippen molar-refractivity contribution in [1.29, 1.82) is 0 Å². The molecular weight excluding hydrogens is 755 g/mol. The van der Waals surface area contributed by atoms with Gasteiger partial charge in [-0.25, -0.2) is 15.0 Å². The third kappa shape index (κ3) is 6.06. The Kier molecular flexibility index (Phi) is 8.42. The van der Waals surface area contributed by atoms with Crippen LogP contribution in [0.4, 0.5) is 0 Å². The molecule has 12 rings (SSSR count). The van der Waals surface area contributed by atoms with Gasteiger partial charge in [-0.1, -0.05) is 158 Å². The van der Waals surface area contributed by atoms with Crippen molar-refractivity contribution in [2.24, 2.45) is 0 Å². The fraction of sp³-hybridized carbons (Fsp3) is 0. The average molecular weight is 792 g/mol. The molecule has 0 atom stereocenters. The number of rotatable bonds is 7. The van der Waals surface area contributed by atoms with E-state index in [0.717, 1.165) is 39.1 Å². The summed E-state index contributed by atoms with van der Waals surface area (Å²) in [6.45, 7) is 0. The molecule has 0 N–H and O–H groups in total. The number of hydrogen-bond donors (Lipinski definition) is 0. The number of aromatic nitrogens is 5. The van der Waals surface area contributed by atoms with E-state index in [4.69, 9.17) is 15.0 Å². The lowest BCUT2D eigenvalue weighted by Gasteiger charge is -2.12. The highest BCUT2D eigenvalue weighted by Crippen LogP contribution is 2.40. The van der Waals surface area contributed by atoms with Crippen molar-refractivity contribution in [3.05, 3.63) is 224 Å². The Labute approximate surface area is 358 Å². The Morgan fingerprint density at radius 1 is 0.226 bits per heavy atom. The zero-order chi connectivity index (χ0) is 41.0. The summed E-state index contributed by atoms with van der Waals surface area (Å²) < 4.78 is 4.80. The highest BCUT2D eigenvalue weighted by Gasteiger charge is 2.19. The average Bonchev–Trinajstić information content (AvgIpc) is 3.86. The third-order valence-electron chi connectivity index (χ3n) is 12.0. The normalized spacial score (nSPS) is 11.5. The lowest BCUT2D eigenvalue weighted by Crippen LogP contribution is -2.00. The van der Waals surface area contributed by atoms with Crippen LogP contribution < -0.4 is 0 Å². The molecule has 3 heterocycles. The van der Waals surface area contributed by atoms with Crippen LogP contribution in [-0.4, -0.2) is 24.1 Å². The highest BCUT2D eigenvalue weighted by molar-refractivity contribution is 6.13. The molecule has 0 aliphatic heterocycles. The fourth-order valence-corrected chi connectivity index (χ4v) is 9.00. The summed E-state index contributed by atoms with van der Waals surface area (Å²) in [5, 5.41) is 4.85. The largest absolute Gasteiger partial charge is 0.309 e. The molecule has 0 fully saturated rings. The van der Waals surface area contributed by atoms with Crippen molar-refractivity contribution < 1.29 is 0 Å². The van der Waals surface area contributed by atoms with Crippen molar-refractivity contribution in [3.63, 3.8) is 0 Å². The van der Waals surface area contributed by atoms with E-state index < -0.39 is 0 Å². The number of benzene rings is 9. The van der Waals surface area contributed by atoms with E-state index in [1.165, 1.54) is 54.8 Å². The van der Waals surface area contributed by atoms with Gasteiger partial charge in [-0.15, -0.1) is 0 Å². The van der Waals surface area contributed by atoms with Crippen LogP contribution in [0.1, 0.15) is 0 Å². The van der Waals surface area contributed by atoms with Gasteiger partial charge in [-0.05, 0) is 89.0 Å². The molecule has 0 bridgehead atoms. The molecule has 0 radical (unpaired) electrons. The lowest BCUT2D eigenvalue weighted by molar-refractivity contribution is 1.07. The Hall–Kier alpha value is -8.41. The van der Waals surface area contributed by atoms with Crippen LogP contribution in [-0.2, 0) is 0 Å².